The van der Waals surface area contributed by atoms with Gasteiger partial charge in [-0.2, -0.15) is 0 Å². The van der Waals surface area contributed by atoms with Gasteiger partial charge in [-0.25, -0.2) is 0 Å². The van der Waals surface area contributed by atoms with Gasteiger partial charge in [0.1, 0.15) is 19.3 Å². The number of quaternary nitrogens is 1. The van der Waals surface area contributed by atoms with Gasteiger partial charge in [0.15, 0.2) is 0 Å². The highest BCUT2D eigenvalue weighted by atomic mass is 31.2. The van der Waals surface area contributed by atoms with Crippen molar-refractivity contribution in [2.75, 3.05) is 40.9 Å². The monoisotopic (exact) mass is 1260 g/mol. The number of allylic oxidation sites excluding steroid dienone is 19. The number of carbonyl (C=O) groups excluding carboxylic acids is 2. The van der Waals surface area contributed by atoms with Crippen molar-refractivity contribution in [3.8, 4) is 0 Å². The normalized spacial score (nSPS) is 14.2. The molecule has 0 aliphatic carbocycles. The summed E-state index contributed by atoms with van der Waals surface area (Å²) >= 11 is 0. The van der Waals surface area contributed by atoms with Crippen molar-refractivity contribution in [3.63, 3.8) is 0 Å². The molecular weight excluding hydrogens is 1120 g/mol. The molecule has 3 unspecified atom stereocenters. The van der Waals surface area contributed by atoms with Crippen LogP contribution >= 0.6 is 7.82 Å². The lowest BCUT2D eigenvalue weighted by molar-refractivity contribution is -0.870. The number of ether oxygens (including phenoxy) is 1. The van der Waals surface area contributed by atoms with Gasteiger partial charge in [-0.05, 0) is 122 Å². The molecule has 0 aliphatic heterocycles. The largest absolute Gasteiger partial charge is 0.756 e. The summed E-state index contributed by atoms with van der Waals surface area (Å²) in [5.41, 5.74) is 0. The van der Waals surface area contributed by atoms with Gasteiger partial charge in [0.05, 0.1) is 33.8 Å². The number of amides is 1. The number of likely N-dealkylation sites (N-methyl/N-ethyl adjacent to an activating group) is 1. The van der Waals surface area contributed by atoms with Crippen LogP contribution in [-0.2, 0) is 27.9 Å². The summed E-state index contributed by atoms with van der Waals surface area (Å²) in [4.78, 5) is 40.2. The van der Waals surface area contributed by atoms with E-state index in [2.05, 4.69) is 135 Å². The van der Waals surface area contributed by atoms with Gasteiger partial charge in [0, 0.05) is 12.8 Å². The summed E-state index contributed by atoms with van der Waals surface area (Å²) in [6.07, 6.45) is 94.7. The number of nitrogens with one attached hydrogen (secondary N) is 1. The number of phosphoric ester groups is 1. The molecule has 10 heteroatoms. The number of hydrogen-bond acceptors (Lipinski definition) is 7. The van der Waals surface area contributed by atoms with Gasteiger partial charge < -0.3 is 28.5 Å². The van der Waals surface area contributed by atoms with E-state index in [1.165, 1.54) is 154 Å². The van der Waals surface area contributed by atoms with Crippen LogP contribution in [0.5, 0.6) is 0 Å². The Kier molecular flexibility index (Phi) is 64.6. The van der Waals surface area contributed by atoms with Crippen LogP contribution in [0, 0.1) is 0 Å². The van der Waals surface area contributed by atoms with E-state index in [9.17, 15) is 19.0 Å². The van der Waals surface area contributed by atoms with Crippen molar-refractivity contribution in [1.29, 1.82) is 0 Å². The van der Waals surface area contributed by atoms with Crippen LogP contribution in [0.1, 0.15) is 316 Å². The third-order valence-corrected chi connectivity index (χ3v) is 16.8. The second-order valence-corrected chi connectivity index (χ2v) is 27.1. The lowest BCUT2D eigenvalue weighted by Crippen LogP contribution is -2.47. The van der Waals surface area contributed by atoms with E-state index in [1.54, 1.807) is 0 Å². The molecule has 0 aromatic carbocycles. The molecule has 0 rings (SSSR count). The van der Waals surface area contributed by atoms with Crippen molar-refractivity contribution < 1.29 is 37.3 Å². The van der Waals surface area contributed by atoms with Crippen LogP contribution in [0.25, 0.3) is 0 Å². The van der Waals surface area contributed by atoms with Crippen LogP contribution in [-0.4, -0.2) is 69.4 Å². The maximum Gasteiger partial charge on any atom is 0.306 e. The van der Waals surface area contributed by atoms with E-state index in [4.69, 9.17) is 13.8 Å². The molecule has 9 nitrogen and oxygen atoms in total. The molecule has 512 valence electrons. The third-order valence-electron chi connectivity index (χ3n) is 15.9. The topological polar surface area (TPSA) is 114 Å². The third kappa shape index (κ3) is 68.6. The summed E-state index contributed by atoms with van der Waals surface area (Å²) in [6.45, 7) is 6.70. The maximum atomic E-state index is 13.6. The minimum absolute atomic E-state index is 0.0293. The highest BCUT2D eigenvalue weighted by Crippen LogP contribution is 2.38. The van der Waals surface area contributed by atoms with Crippen LogP contribution in [0.15, 0.2) is 122 Å². The molecule has 0 bridgehead atoms. The van der Waals surface area contributed by atoms with E-state index >= 15 is 0 Å². The first-order chi connectivity index (χ1) is 43.4. The molecule has 1 N–H and O–H groups in total. The van der Waals surface area contributed by atoms with Crippen molar-refractivity contribution in [2.24, 2.45) is 0 Å². The molecule has 0 aliphatic rings. The van der Waals surface area contributed by atoms with Crippen LogP contribution in [0.4, 0.5) is 0 Å². The number of esters is 1. The Labute approximate surface area is 550 Å². The van der Waals surface area contributed by atoms with Crippen LogP contribution < -0.4 is 10.2 Å². The highest BCUT2D eigenvalue weighted by Gasteiger charge is 2.27. The molecule has 0 aromatic heterocycles. The maximum absolute atomic E-state index is 13.6. The second kappa shape index (κ2) is 67.3. The molecular formula is C79H139N2O7P. The molecule has 0 fully saturated rings. The Morgan fingerprint density at radius 1 is 0.404 bits per heavy atom. The van der Waals surface area contributed by atoms with Crippen molar-refractivity contribution in [3.05, 3.63) is 122 Å². The van der Waals surface area contributed by atoms with Crippen molar-refractivity contribution in [2.45, 2.75) is 328 Å². The lowest BCUT2D eigenvalue weighted by atomic mass is 10.0. The first-order valence-corrected chi connectivity index (χ1v) is 38.3. The SMILES string of the molecule is CC/C=C\C/C=C\C/C=C\C/C=C\C/C=C\CCCCCCCCCCCC(=O)NC(COP(=O)([O-])OCC[N+](C)(C)C)C(/C=C/CCCCCCCCCCC)OC(=O)CCCCCCCCCCCCC/C=C\C/C=C\C/C=C\C/C=C\CCCCC. The van der Waals surface area contributed by atoms with Gasteiger partial charge in [-0.3, -0.25) is 14.2 Å². The number of carbonyl (C=O) groups is 2. The predicted octanol–water partition coefficient (Wildman–Crippen LogP) is 23.2. The van der Waals surface area contributed by atoms with E-state index < -0.39 is 26.6 Å². The number of phosphoric acid groups is 1. The van der Waals surface area contributed by atoms with Crippen LogP contribution in [0.2, 0.25) is 0 Å². The first kappa shape index (κ1) is 85.4. The molecule has 0 spiro atoms. The Hall–Kier alpha value is -3.59. The molecule has 89 heavy (non-hydrogen) atoms. The average Bonchev–Trinajstić information content (AvgIpc) is 3.62. The second-order valence-electron chi connectivity index (χ2n) is 25.7. The minimum Gasteiger partial charge on any atom is -0.756 e. The Balaban J connectivity index is 5.01. The molecule has 3 atom stereocenters. The van der Waals surface area contributed by atoms with Crippen molar-refractivity contribution >= 4 is 19.7 Å². The van der Waals surface area contributed by atoms with Gasteiger partial charge in [0.25, 0.3) is 7.82 Å². The summed E-state index contributed by atoms with van der Waals surface area (Å²) in [5, 5.41) is 3.04. The Morgan fingerprint density at radius 3 is 1.10 bits per heavy atom. The highest BCUT2D eigenvalue weighted by molar-refractivity contribution is 7.45. The zero-order chi connectivity index (χ0) is 64.9. The molecule has 0 saturated heterocycles. The number of nitrogens with zero attached hydrogens (tertiary/aromatic N) is 1. The van der Waals surface area contributed by atoms with E-state index in [0.29, 0.717) is 17.4 Å². The molecule has 0 heterocycles. The summed E-state index contributed by atoms with van der Waals surface area (Å²) in [6, 6.07) is -0.902. The van der Waals surface area contributed by atoms with E-state index in [0.717, 1.165) is 128 Å². The van der Waals surface area contributed by atoms with Gasteiger partial charge >= 0.3 is 5.97 Å². The first-order valence-electron chi connectivity index (χ1n) is 36.8. The molecule has 0 saturated carbocycles. The average molecular weight is 1260 g/mol. The molecule has 1 amide bonds. The summed E-state index contributed by atoms with van der Waals surface area (Å²) in [7, 11) is 1.17. The fourth-order valence-electron chi connectivity index (χ4n) is 10.2. The number of rotatable bonds is 66. The summed E-state index contributed by atoms with van der Waals surface area (Å²) < 4.78 is 30.5. The lowest BCUT2D eigenvalue weighted by Gasteiger charge is -2.30. The fraction of sp³-hybridized carbons (Fsp3) is 0.722. The van der Waals surface area contributed by atoms with Crippen molar-refractivity contribution in [1.82, 2.24) is 5.32 Å². The van der Waals surface area contributed by atoms with E-state index in [1.807, 2.05) is 33.3 Å². The van der Waals surface area contributed by atoms with E-state index in [-0.39, 0.29) is 24.9 Å². The number of unbranched alkanes of at least 4 members (excludes halogenated alkanes) is 32. The van der Waals surface area contributed by atoms with Gasteiger partial charge in [-0.15, -0.1) is 0 Å². The van der Waals surface area contributed by atoms with Gasteiger partial charge in [0.2, 0.25) is 5.91 Å². The quantitative estimate of drug-likeness (QED) is 0.0212. The predicted molar refractivity (Wildman–Crippen MR) is 385 cm³/mol. The standard InChI is InChI=1S/C79H139N2O7P/c1-7-10-13-16-19-22-25-27-29-31-33-35-37-39-40-42-44-46-48-50-52-54-57-60-63-66-69-72-79(83)88-77(70-67-64-61-58-55-24-21-18-15-12-9-3)76(75-87-89(84,85)86-74-73-81(4,5)6)80-78(82)71-68-65-62-59-56-53-51-49-47-45-43-41-38-36-34-32-30-28-26-23-20-17-14-11-8-2/h11,14,19-20,22-23,27-30,33-36,39-41,43,67,70,76-77H,7-10,12-13,15-18,21,24-26,31-32,37-38,42,44-66,68-69,71-75H2,1-6H3,(H-,80,82,84,85)/b14-11-,22-19-,23-20-,29-27-,30-28-,35-33-,36-34-,40-39-,43-41-,70-67+. The fourth-order valence-corrected chi connectivity index (χ4v) is 11.0. The van der Waals surface area contributed by atoms with Crippen LogP contribution in [0.3, 0.4) is 0 Å². The Bertz CT molecular complexity index is 1940. The molecule has 0 aromatic rings. The molecule has 0 radical (unpaired) electrons. The zero-order valence-corrected chi connectivity index (χ0v) is 59.5. The zero-order valence-electron chi connectivity index (χ0n) is 58.6. The van der Waals surface area contributed by atoms with Gasteiger partial charge in [-0.1, -0.05) is 303 Å². The minimum atomic E-state index is -4.71. The number of hydrogen-bond donors (Lipinski definition) is 1. The smallest absolute Gasteiger partial charge is 0.306 e. The Morgan fingerprint density at radius 2 is 0.719 bits per heavy atom. The summed E-state index contributed by atoms with van der Waals surface area (Å²) in [5.74, 6) is -0.552.